The first-order valence-corrected chi connectivity index (χ1v) is 7.48. The van der Waals surface area contributed by atoms with Crippen molar-refractivity contribution < 1.29 is 14.3 Å². The van der Waals surface area contributed by atoms with Crippen molar-refractivity contribution in [2.24, 2.45) is 11.8 Å². The zero-order valence-electron chi connectivity index (χ0n) is 12.6. The monoisotopic (exact) mass is 269 g/mol. The van der Waals surface area contributed by atoms with Crippen LogP contribution in [0.5, 0.6) is 0 Å². The predicted molar refractivity (Wildman–Crippen MR) is 74.7 cm³/mol. The van der Waals surface area contributed by atoms with Gasteiger partial charge in [-0.15, -0.1) is 0 Å². The Balaban J connectivity index is 2.52. The predicted octanol–water partition coefficient (Wildman–Crippen LogP) is 3.60. The number of rotatable bonds is 7. The van der Waals surface area contributed by atoms with Crippen LogP contribution in [0.15, 0.2) is 0 Å². The molecule has 4 heteroatoms. The largest absolute Gasteiger partial charge is 0.447 e. The van der Waals surface area contributed by atoms with Gasteiger partial charge in [0.15, 0.2) is 0 Å². The highest BCUT2D eigenvalue weighted by Crippen LogP contribution is 2.23. The van der Waals surface area contributed by atoms with Gasteiger partial charge in [0.2, 0.25) is 5.91 Å². The first kappa shape index (κ1) is 16.0. The number of imide groups is 1. The molecule has 1 aliphatic rings. The van der Waals surface area contributed by atoms with Crippen molar-refractivity contribution in [3.05, 3.63) is 0 Å². The van der Waals surface area contributed by atoms with Gasteiger partial charge in [-0.05, 0) is 12.3 Å². The first-order chi connectivity index (χ1) is 8.99. The van der Waals surface area contributed by atoms with Crippen LogP contribution in [0.1, 0.15) is 59.8 Å². The zero-order valence-corrected chi connectivity index (χ0v) is 12.6. The molecule has 0 aromatic rings. The Morgan fingerprint density at radius 2 is 2.00 bits per heavy atom. The zero-order chi connectivity index (χ0) is 14.4. The van der Waals surface area contributed by atoms with E-state index in [0.717, 1.165) is 19.3 Å². The number of carbonyl (C=O) groups excluding carboxylic acids is 2. The molecule has 110 valence electrons. The third-order valence-electron chi connectivity index (χ3n) is 3.83. The number of cyclic esters (lactones) is 1. The van der Waals surface area contributed by atoms with E-state index < -0.39 is 6.09 Å². The van der Waals surface area contributed by atoms with Gasteiger partial charge in [0.25, 0.3) is 0 Å². The first-order valence-electron chi connectivity index (χ1n) is 7.48. The highest BCUT2D eigenvalue weighted by Gasteiger charge is 2.40. The lowest BCUT2D eigenvalue weighted by Crippen LogP contribution is -2.44. The van der Waals surface area contributed by atoms with Crippen LogP contribution in [0.3, 0.4) is 0 Å². The van der Waals surface area contributed by atoms with E-state index in [0.29, 0.717) is 6.61 Å². The molecular weight excluding hydrogens is 242 g/mol. The van der Waals surface area contributed by atoms with E-state index in [9.17, 15) is 9.59 Å². The van der Waals surface area contributed by atoms with Crippen molar-refractivity contribution in [2.75, 3.05) is 6.61 Å². The average Bonchev–Trinajstić information content (AvgIpc) is 2.75. The van der Waals surface area contributed by atoms with E-state index in [1.54, 1.807) is 0 Å². The maximum absolute atomic E-state index is 12.4. The van der Waals surface area contributed by atoms with Gasteiger partial charge in [-0.25, -0.2) is 9.69 Å². The Bertz CT molecular complexity index is 315. The van der Waals surface area contributed by atoms with Crippen LogP contribution < -0.4 is 0 Å². The summed E-state index contributed by atoms with van der Waals surface area (Å²) in [6, 6.07) is -0.0990. The van der Waals surface area contributed by atoms with Crippen molar-refractivity contribution in [2.45, 2.75) is 65.8 Å². The number of carbonyl (C=O) groups is 2. The molecule has 0 radical (unpaired) electrons. The molecule has 2 atom stereocenters. The van der Waals surface area contributed by atoms with Crippen LogP contribution in [0.2, 0.25) is 0 Å². The highest BCUT2D eigenvalue weighted by molar-refractivity contribution is 5.94. The van der Waals surface area contributed by atoms with Crippen LogP contribution in [0.4, 0.5) is 4.79 Å². The van der Waals surface area contributed by atoms with Crippen molar-refractivity contribution in [1.82, 2.24) is 4.90 Å². The normalized spacial score (nSPS) is 20.8. The van der Waals surface area contributed by atoms with Gasteiger partial charge < -0.3 is 4.74 Å². The quantitative estimate of drug-likeness (QED) is 0.663. The molecule has 0 bridgehead atoms. The third-order valence-corrected chi connectivity index (χ3v) is 3.83. The van der Waals surface area contributed by atoms with E-state index in [4.69, 9.17) is 4.74 Å². The SMILES string of the molecule is CCCCCC[C@H](C)C(=O)N1C(=O)OC[C@@H]1C(C)C. The molecule has 1 fully saturated rings. The molecule has 1 heterocycles. The number of hydrogen-bond donors (Lipinski definition) is 0. The molecule has 0 aromatic carbocycles. The summed E-state index contributed by atoms with van der Waals surface area (Å²) < 4.78 is 5.02. The lowest BCUT2D eigenvalue weighted by atomic mass is 9.98. The molecule has 0 saturated carbocycles. The molecule has 1 rings (SSSR count). The minimum atomic E-state index is -0.468. The lowest BCUT2D eigenvalue weighted by Gasteiger charge is -2.25. The summed E-state index contributed by atoms with van der Waals surface area (Å²) in [7, 11) is 0. The van der Waals surface area contributed by atoms with Crippen molar-refractivity contribution in [3.63, 3.8) is 0 Å². The van der Waals surface area contributed by atoms with E-state index in [-0.39, 0.29) is 23.8 Å². The fraction of sp³-hybridized carbons (Fsp3) is 0.867. The number of unbranched alkanes of at least 4 members (excludes halogenated alkanes) is 3. The van der Waals surface area contributed by atoms with E-state index in [1.807, 2.05) is 20.8 Å². The summed E-state index contributed by atoms with van der Waals surface area (Å²) in [4.78, 5) is 25.4. The molecule has 1 saturated heterocycles. The average molecular weight is 269 g/mol. The summed E-state index contributed by atoms with van der Waals surface area (Å²) in [6.45, 7) is 8.45. The van der Waals surface area contributed by atoms with Crippen LogP contribution in [-0.4, -0.2) is 29.5 Å². The molecule has 0 unspecified atom stereocenters. The van der Waals surface area contributed by atoms with Crippen molar-refractivity contribution >= 4 is 12.0 Å². The Morgan fingerprint density at radius 3 is 2.58 bits per heavy atom. The highest BCUT2D eigenvalue weighted by atomic mass is 16.6. The van der Waals surface area contributed by atoms with Crippen LogP contribution in [-0.2, 0) is 9.53 Å². The summed E-state index contributed by atoms with van der Waals surface area (Å²) in [6.07, 6.45) is 5.00. The summed E-state index contributed by atoms with van der Waals surface area (Å²) in [5, 5.41) is 0. The van der Waals surface area contributed by atoms with Crippen molar-refractivity contribution in [3.8, 4) is 0 Å². The van der Waals surface area contributed by atoms with Gasteiger partial charge in [0, 0.05) is 5.92 Å². The number of nitrogens with zero attached hydrogens (tertiary/aromatic N) is 1. The van der Waals surface area contributed by atoms with Gasteiger partial charge in [-0.1, -0.05) is 53.4 Å². The van der Waals surface area contributed by atoms with Crippen LogP contribution in [0, 0.1) is 11.8 Å². The second-order valence-electron chi connectivity index (χ2n) is 5.85. The molecule has 1 aliphatic heterocycles. The molecule has 0 spiro atoms. The van der Waals surface area contributed by atoms with Gasteiger partial charge in [-0.3, -0.25) is 4.79 Å². The topological polar surface area (TPSA) is 46.6 Å². The van der Waals surface area contributed by atoms with Crippen LogP contribution >= 0.6 is 0 Å². The molecule has 0 aliphatic carbocycles. The number of amides is 2. The molecule has 0 N–H and O–H groups in total. The van der Waals surface area contributed by atoms with Crippen LogP contribution in [0.25, 0.3) is 0 Å². The van der Waals surface area contributed by atoms with E-state index >= 15 is 0 Å². The summed E-state index contributed by atoms with van der Waals surface area (Å²) in [5.41, 5.74) is 0. The lowest BCUT2D eigenvalue weighted by molar-refractivity contribution is -0.133. The Labute approximate surface area is 116 Å². The maximum Gasteiger partial charge on any atom is 0.416 e. The second-order valence-corrected chi connectivity index (χ2v) is 5.85. The Kier molecular flexibility index (Phi) is 6.32. The van der Waals surface area contributed by atoms with Gasteiger partial charge >= 0.3 is 6.09 Å². The van der Waals surface area contributed by atoms with Gasteiger partial charge in [0.1, 0.15) is 6.61 Å². The third kappa shape index (κ3) is 4.22. The minimum Gasteiger partial charge on any atom is -0.447 e. The van der Waals surface area contributed by atoms with Crippen molar-refractivity contribution in [1.29, 1.82) is 0 Å². The Hall–Kier alpha value is -1.06. The molecule has 19 heavy (non-hydrogen) atoms. The summed E-state index contributed by atoms with van der Waals surface area (Å²) >= 11 is 0. The fourth-order valence-corrected chi connectivity index (χ4v) is 2.42. The van der Waals surface area contributed by atoms with Gasteiger partial charge in [-0.2, -0.15) is 0 Å². The second kappa shape index (κ2) is 7.51. The maximum atomic E-state index is 12.4. The smallest absolute Gasteiger partial charge is 0.416 e. The van der Waals surface area contributed by atoms with Gasteiger partial charge in [0.05, 0.1) is 6.04 Å². The van der Waals surface area contributed by atoms with E-state index in [1.165, 1.54) is 17.7 Å². The molecule has 2 amide bonds. The Morgan fingerprint density at radius 1 is 1.32 bits per heavy atom. The number of hydrogen-bond acceptors (Lipinski definition) is 3. The molecule has 0 aromatic heterocycles. The standard InChI is InChI=1S/C15H27NO3/c1-5-6-7-8-9-12(4)14(17)16-13(11(2)3)10-19-15(16)18/h11-13H,5-10H2,1-4H3/t12-,13+/m0/s1. The fourth-order valence-electron chi connectivity index (χ4n) is 2.42. The summed E-state index contributed by atoms with van der Waals surface area (Å²) in [5.74, 6) is 0.0733. The minimum absolute atomic E-state index is 0.0716. The number of ether oxygens (including phenoxy) is 1. The van der Waals surface area contributed by atoms with E-state index in [2.05, 4.69) is 6.92 Å². The molecular formula is C15H27NO3. The molecule has 4 nitrogen and oxygen atoms in total.